The summed E-state index contributed by atoms with van der Waals surface area (Å²) in [5.74, 6) is -1.39. The fourth-order valence-corrected chi connectivity index (χ4v) is 6.56. The lowest BCUT2D eigenvalue weighted by atomic mass is 9.79. The van der Waals surface area contributed by atoms with Crippen LogP contribution in [0.3, 0.4) is 0 Å². The van der Waals surface area contributed by atoms with Gasteiger partial charge in [-0.25, -0.2) is 9.78 Å². The predicted octanol–water partition coefficient (Wildman–Crippen LogP) is 2.75. The maximum atomic E-state index is 12.8. The van der Waals surface area contributed by atoms with Gasteiger partial charge in [-0.05, 0) is 26.5 Å². The number of β-lactam (4-membered cyclic amide) rings is 1. The highest BCUT2D eigenvalue weighted by atomic mass is 32.2. The van der Waals surface area contributed by atoms with E-state index in [-0.39, 0.29) is 30.2 Å². The number of aliphatic hydroxyl groups is 1. The smallest absolute Gasteiger partial charge is 0.356 e. The Morgan fingerprint density at radius 3 is 2.87 bits per heavy atom. The molecular formula is C22H27N3O4S2. The van der Waals surface area contributed by atoms with Crippen molar-refractivity contribution in [2.75, 3.05) is 20.2 Å². The van der Waals surface area contributed by atoms with Gasteiger partial charge < -0.3 is 14.7 Å². The van der Waals surface area contributed by atoms with Gasteiger partial charge in [-0.2, -0.15) is 0 Å². The molecule has 9 heteroatoms. The maximum absolute atomic E-state index is 12.8. The Hall–Kier alpha value is -1.94. The van der Waals surface area contributed by atoms with Gasteiger partial charge in [-0.1, -0.05) is 37.4 Å². The number of aromatic nitrogens is 1. The number of nitrogens with zero attached hydrogens (tertiary/aromatic N) is 3. The molecule has 1 aromatic heterocycles. The summed E-state index contributed by atoms with van der Waals surface area (Å²) in [5, 5.41) is 12.1. The Labute approximate surface area is 190 Å². The summed E-state index contributed by atoms with van der Waals surface area (Å²) in [6, 6.07) is 0.135. The minimum atomic E-state index is -0.772. The van der Waals surface area contributed by atoms with E-state index in [1.807, 2.05) is 12.3 Å². The third-order valence-electron chi connectivity index (χ3n) is 6.20. The monoisotopic (exact) mass is 461 g/mol. The van der Waals surface area contributed by atoms with E-state index in [9.17, 15) is 14.7 Å². The molecule has 0 spiro atoms. The number of thiazole rings is 1. The van der Waals surface area contributed by atoms with Crippen LogP contribution in [0.5, 0.6) is 0 Å². The number of amides is 1. The van der Waals surface area contributed by atoms with Crippen molar-refractivity contribution in [1.82, 2.24) is 14.8 Å². The minimum Gasteiger partial charge on any atom is -0.457 e. The van der Waals surface area contributed by atoms with Gasteiger partial charge in [0.15, 0.2) is 4.34 Å². The van der Waals surface area contributed by atoms with Crippen LogP contribution in [0.2, 0.25) is 0 Å². The van der Waals surface area contributed by atoms with E-state index in [0.717, 1.165) is 21.5 Å². The number of hydrogen-bond acceptors (Lipinski definition) is 8. The zero-order valence-corrected chi connectivity index (χ0v) is 19.7. The first-order chi connectivity index (χ1) is 14.7. The van der Waals surface area contributed by atoms with Gasteiger partial charge >= 0.3 is 5.97 Å². The van der Waals surface area contributed by atoms with E-state index in [4.69, 9.17) is 9.72 Å². The molecule has 166 valence electrons. The molecule has 1 amide bonds. The molecule has 4 heterocycles. The van der Waals surface area contributed by atoms with Crippen molar-refractivity contribution in [1.29, 1.82) is 0 Å². The van der Waals surface area contributed by atoms with Crippen LogP contribution in [0, 0.1) is 11.8 Å². The second kappa shape index (κ2) is 8.54. The van der Waals surface area contributed by atoms with Crippen LogP contribution in [0.4, 0.5) is 0 Å². The Morgan fingerprint density at radius 2 is 2.26 bits per heavy atom. The summed E-state index contributed by atoms with van der Waals surface area (Å²) in [4.78, 5) is 34.9. The van der Waals surface area contributed by atoms with E-state index in [1.165, 1.54) is 39.6 Å². The molecule has 0 unspecified atom stereocenters. The van der Waals surface area contributed by atoms with Gasteiger partial charge in [0.2, 0.25) is 5.91 Å². The number of thioether (sulfide) groups is 1. The molecule has 7 nitrogen and oxygen atoms in total. The van der Waals surface area contributed by atoms with Gasteiger partial charge in [0.1, 0.15) is 12.3 Å². The SMILES string of the molecule is C=CCOC(=O)C1=C(Sc2nc(C3=C[C@H](C)N(C)C3)cs2)[C@H](C)[C@@H]2[C@@H]([C@@H](C)O)C(=O)N12. The van der Waals surface area contributed by atoms with Crippen molar-refractivity contribution < 1.29 is 19.4 Å². The number of carbonyl (C=O) groups is 2. The molecule has 4 rings (SSSR count). The van der Waals surface area contributed by atoms with E-state index >= 15 is 0 Å². The highest BCUT2D eigenvalue weighted by Gasteiger charge is 2.60. The van der Waals surface area contributed by atoms with Gasteiger partial charge in [0, 0.05) is 28.8 Å². The highest BCUT2D eigenvalue weighted by molar-refractivity contribution is 8.04. The molecule has 3 aliphatic rings. The fourth-order valence-electron chi connectivity index (χ4n) is 4.45. The number of aliphatic hydroxyl groups excluding tert-OH is 1. The molecule has 3 aliphatic heterocycles. The minimum absolute atomic E-state index is 0.0719. The maximum Gasteiger partial charge on any atom is 0.356 e. The molecule has 1 saturated heterocycles. The average molecular weight is 462 g/mol. The molecule has 1 aromatic rings. The third-order valence-corrected chi connectivity index (χ3v) is 8.42. The van der Waals surface area contributed by atoms with Crippen molar-refractivity contribution in [2.45, 2.75) is 43.3 Å². The van der Waals surface area contributed by atoms with Crippen LogP contribution < -0.4 is 0 Å². The summed E-state index contributed by atoms with van der Waals surface area (Å²) in [7, 11) is 2.09. The van der Waals surface area contributed by atoms with Crippen LogP contribution in [0.25, 0.3) is 5.57 Å². The summed E-state index contributed by atoms with van der Waals surface area (Å²) >= 11 is 2.95. The first-order valence-electron chi connectivity index (χ1n) is 10.3. The molecule has 0 aliphatic carbocycles. The number of fused-ring (bicyclic) bond motifs is 1. The van der Waals surface area contributed by atoms with Crippen LogP contribution in [0.15, 0.2) is 39.1 Å². The predicted molar refractivity (Wildman–Crippen MR) is 121 cm³/mol. The van der Waals surface area contributed by atoms with Crippen molar-refractivity contribution >= 4 is 40.5 Å². The molecular weight excluding hydrogens is 434 g/mol. The van der Waals surface area contributed by atoms with Crippen LogP contribution in [-0.4, -0.2) is 70.2 Å². The number of esters is 1. The lowest BCUT2D eigenvalue weighted by Gasteiger charge is -2.46. The number of hydrogen-bond donors (Lipinski definition) is 1. The normalized spacial score (nSPS) is 29.0. The van der Waals surface area contributed by atoms with Crippen molar-refractivity contribution in [3.63, 3.8) is 0 Å². The first kappa shape index (κ1) is 22.3. The van der Waals surface area contributed by atoms with Crippen LogP contribution in [0.1, 0.15) is 26.5 Å². The lowest BCUT2D eigenvalue weighted by molar-refractivity contribution is -0.164. The summed E-state index contributed by atoms with van der Waals surface area (Å²) in [6.07, 6.45) is 2.94. The third kappa shape index (κ3) is 3.77. The number of carbonyl (C=O) groups excluding carboxylic acids is 2. The Balaban J connectivity index is 1.63. The van der Waals surface area contributed by atoms with Gasteiger partial charge in [0.05, 0.1) is 23.8 Å². The summed E-state index contributed by atoms with van der Waals surface area (Å²) < 4.78 is 6.10. The van der Waals surface area contributed by atoms with E-state index < -0.39 is 18.0 Å². The number of ether oxygens (including phenoxy) is 1. The molecule has 0 aromatic carbocycles. The quantitative estimate of drug-likeness (QED) is 0.380. The summed E-state index contributed by atoms with van der Waals surface area (Å²) in [5.41, 5.74) is 2.42. The van der Waals surface area contributed by atoms with Gasteiger partial charge in [-0.15, -0.1) is 11.3 Å². The van der Waals surface area contributed by atoms with Crippen molar-refractivity contribution in [2.24, 2.45) is 11.8 Å². The Bertz CT molecular complexity index is 983. The zero-order chi connectivity index (χ0) is 22.4. The fraction of sp³-hybridized carbons (Fsp3) is 0.500. The standard InChI is InChI=1S/C22H27N3O4S2/c1-6-7-29-21(28)18-19(12(3)17-16(13(4)26)20(27)25(17)18)31-22-23-15(10-30-22)14-8-11(2)24(5)9-14/h6,8,10-13,16-17,26H,1,7,9H2,2-5H3/t11-,12+,13+,16+,17+/m0/s1. The molecule has 0 saturated carbocycles. The van der Waals surface area contributed by atoms with E-state index in [0.29, 0.717) is 6.04 Å². The average Bonchev–Trinajstić information content (AvgIpc) is 3.37. The Morgan fingerprint density at radius 1 is 1.52 bits per heavy atom. The topological polar surface area (TPSA) is 83.0 Å². The number of likely N-dealkylation sites (N-methyl/N-ethyl adjacent to an activating group) is 1. The van der Waals surface area contributed by atoms with Gasteiger partial charge in [0.25, 0.3) is 0 Å². The summed E-state index contributed by atoms with van der Waals surface area (Å²) in [6.45, 7) is 10.3. The van der Waals surface area contributed by atoms with Crippen molar-refractivity contribution in [3.8, 4) is 0 Å². The second-order valence-electron chi connectivity index (χ2n) is 8.30. The highest BCUT2D eigenvalue weighted by Crippen LogP contribution is 2.52. The molecule has 5 atom stereocenters. The number of rotatable bonds is 7. The van der Waals surface area contributed by atoms with Crippen LogP contribution in [-0.2, 0) is 14.3 Å². The van der Waals surface area contributed by atoms with Crippen molar-refractivity contribution in [3.05, 3.63) is 40.4 Å². The molecule has 0 radical (unpaired) electrons. The molecule has 1 N–H and O–H groups in total. The second-order valence-corrected chi connectivity index (χ2v) is 10.4. The molecule has 1 fully saturated rings. The van der Waals surface area contributed by atoms with E-state index in [1.54, 1.807) is 6.92 Å². The first-order valence-corrected chi connectivity index (χ1v) is 12.0. The lowest BCUT2D eigenvalue weighted by Crippen LogP contribution is -2.63. The van der Waals surface area contributed by atoms with Crippen LogP contribution >= 0.6 is 23.1 Å². The van der Waals surface area contributed by atoms with E-state index in [2.05, 4.69) is 31.5 Å². The molecule has 31 heavy (non-hydrogen) atoms. The Kier molecular flexibility index (Phi) is 6.13. The largest absolute Gasteiger partial charge is 0.457 e. The van der Waals surface area contributed by atoms with Gasteiger partial charge in [-0.3, -0.25) is 9.69 Å². The zero-order valence-electron chi connectivity index (χ0n) is 18.1. The molecule has 0 bridgehead atoms.